The molecule has 9 aromatic carbocycles. The first kappa shape index (κ1) is 71.4. The van der Waals surface area contributed by atoms with Crippen LogP contribution < -0.4 is 9.47 Å². The van der Waals surface area contributed by atoms with Crippen molar-refractivity contribution in [1.82, 2.24) is 18.6 Å². The number of rotatable bonds is 27. The van der Waals surface area contributed by atoms with E-state index >= 15 is 24.0 Å². The lowest BCUT2D eigenvalue weighted by molar-refractivity contribution is -0.351. The Hall–Kier alpha value is -12.0. The standard InChI is InChI=1S/C81H69N4O19P/c1-92-63-42-38-61(39-43-63)81(60-36-22-9-23-37-60,62-40-44-64(93-2)45-41-62)95-51-66-67(98-74(87)55-26-12-4-13-27-55)69(99-75(88)56-28-14-5-15-29-56)71(101-77(90)58-32-18-7-19-33-58)79(96-66)103-68-65(50-94-73(86)54-24-10-3-11-25-54)97-80(104-105(84-48-46-82-52-84)85-49-47-83-53-85)72(102-78(91)59-34-20-8-21-35-59)70(68)100-76(89)57-30-16-6-17-31-57/h3-49,52-53,65-72,79-80H,50-51H2,1-2H3/t65-,66-,67+,68-,69+,70+,71-,72+,79+,80-/m1/s1. The maximum absolute atomic E-state index is 15.3. The number of aromatic nitrogens is 4. The Morgan fingerprint density at radius 3 is 1.08 bits per heavy atom. The molecule has 13 rings (SSSR count). The molecule has 2 fully saturated rings. The molecule has 0 aliphatic carbocycles. The summed E-state index contributed by atoms with van der Waals surface area (Å²) >= 11 is 0. The van der Waals surface area contributed by atoms with E-state index in [0.717, 1.165) is 0 Å². The Morgan fingerprint density at radius 1 is 0.371 bits per heavy atom. The highest BCUT2D eigenvalue weighted by Gasteiger charge is 2.59. The number of ether oxygens (including phenoxy) is 12. The van der Waals surface area contributed by atoms with E-state index in [1.807, 2.05) is 54.6 Å². The van der Waals surface area contributed by atoms with Gasteiger partial charge in [-0.1, -0.05) is 164 Å². The molecular weight excluding hydrogens is 1360 g/mol. The largest absolute Gasteiger partial charge is 0.497 e. The van der Waals surface area contributed by atoms with Crippen molar-refractivity contribution in [3.05, 3.63) is 348 Å². The lowest BCUT2D eigenvalue weighted by Crippen LogP contribution is -2.67. The van der Waals surface area contributed by atoms with E-state index in [1.54, 1.807) is 169 Å². The molecule has 0 radical (unpaired) electrons. The molecule has 23 nitrogen and oxygen atoms in total. The Kier molecular flexibility index (Phi) is 23.1. The van der Waals surface area contributed by atoms with Gasteiger partial charge in [0.05, 0.1) is 54.2 Å². The number of methoxy groups -OCH3 is 2. The molecule has 0 saturated carbocycles. The number of hydrogen-bond acceptors (Lipinski definition) is 21. The first-order chi connectivity index (χ1) is 51.4. The zero-order valence-corrected chi connectivity index (χ0v) is 57.4. The van der Waals surface area contributed by atoms with E-state index in [2.05, 4.69) is 9.97 Å². The SMILES string of the molecule is COc1ccc(C(OC[C@H]2O[C@@H](O[C@H]3[C@H](OC(=O)c4ccccc4)[C@H](OC(=O)c4ccccc4)[C@@H](OP(n4ccnc4)n4ccnc4)O[C@@H]3COC(=O)c3ccccc3)[C@H](OC(=O)c3ccccc3)[C@@H](OC(=O)c3ccccc3)[C@H]2OC(=O)c2ccccc2)(c2ccccc2)c2ccc(OC)cc2)cc1. The van der Waals surface area contributed by atoms with Crippen LogP contribution in [0.1, 0.15) is 78.8 Å². The third-order valence-corrected chi connectivity index (χ3v) is 19.0. The quantitative estimate of drug-likeness (QED) is 0.0200. The second-order valence-electron chi connectivity index (χ2n) is 23.9. The van der Waals surface area contributed by atoms with Crippen molar-refractivity contribution in [2.75, 3.05) is 27.4 Å². The molecule has 2 aliphatic heterocycles. The fourth-order valence-corrected chi connectivity index (χ4v) is 13.6. The van der Waals surface area contributed by atoms with Gasteiger partial charge < -0.3 is 56.8 Å². The van der Waals surface area contributed by atoms with Gasteiger partial charge in [0.2, 0.25) is 6.29 Å². The van der Waals surface area contributed by atoms with Crippen molar-refractivity contribution < 1.29 is 90.1 Å². The van der Waals surface area contributed by atoms with Crippen molar-refractivity contribution in [3.63, 3.8) is 0 Å². The van der Waals surface area contributed by atoms with Crippen molar-refractivity contribution in [2.24, 2.45) is 0 Å². The summed E-state index contributed by atoms with van der Waals surface area (Å²) in [5.74, 6) is -4.65. The molecule has 0 spiro atoms. The van der Waals surface area contributed by atoms with Crippen molar-refractivity contribution >= 4 is 44.3 Å². The molecule has 532 valence electrons. The first-order valence-corrected chi connectivity index (χ1v) is 34.5. The van der Waals surface area contributed by atoms with Gasteiger partial charge in [-0.05, 0) is 114 Å². The second-order valence-corrected chi connectivity index (χ2v) is 25.5. The predicted octanol–water partition coefficient (Wildman–Crippen LogP) is 12.6. The monoisotopic (exact) mass is 1430 g/mol. The average Bonchev–Trinajstić information content (AvgIpc) is 0.906. The molecule has 105 heavy (non-hydrogen) atoms. The van der Waals surface area contributed by atoms with Gasteiger partial charge in [-0.3, -0.25) is 13.2 Å². The minimum absolute atomic E-state index is 0.000770. The van der Waals surface area contributed by atoms with E-state index in [1.165, 1.54) is 97.8 Å². The number of carbonyl (C=O) groups is 6. The van der Waals surface area contributed by atoms with E-state index in [4.69, 9.17) is 61.4 Å². The summed E-state index contributed by atoms with van der Waals surface area (Å²) < 4.78 is 90.5. The molecule has 0 bridgehead atoms. The number of hydrogen-bond donors (Lipinski definition) is 0. The number of imidazole rings is 2. The van der Waals surface area contributed by atoms with Crippen LogP contribution in [0.15, 0.2) is 298 Å². The van der Waals surface area contributed by atoms with Crippen LogP contribution in [0.5, 0.6) is 11.5 Å². The van der Waals surface area contributed by atoms with Gasteiger partial charge in [0.1, 0.15) is 54.7 Å². The van der Waals surface area contributed by atoms with E-state index in [-0.39, 0.29) is 33.4 Å². The highest BCUT2D eigenvalue weighted by atomic mass is 31.2. The lowest BCUT2D eigenvalue weighted by atomic mass is 9.80. The molecular formula is C81H69N4O19P. The van der Waals surface area contributed by atoms with Crippen LogP contribution in [-0.2, 0) is 57.5 Å². The summed E-state index contributed by atoms with van der Waals surface area (Å²) in [4.78, 5) is 98.9. The summed E-state index contributed by atoms with van der Waals surface area (Å²) in [7, 11) is 0.914. The maximum atomic E-state index is 15.3. The summed E-state index contributed by atoms with van der Waals surface area (Å²) in [6.45, 7) is -1.35. The van der Waals surface area contributed by atoms with Gasteiger partial charge in [-0.25, -0.2) is 38.7 Å². The molecule has 4 heterocycles. The van der Waals surface area contributed by atoms with Crippen LogP contribution in [0.2, 0.25) is 0 Å². The summed E-state index contributed by atoms with van der Waals surface area (Å²) in [6.07, 6.45) is -9.58. The number of benzene rings is 9. The van der Waals surface area contributed by atoms with Crippen LogP contribution in [0.25, 0.3) is 0 Å². The minimum atomic E-state index is -2.17. The average molecular weight is 1430 g/mol. The van der Waals surface area contributed by atoms with Crippen LogP contribution in [0, 0.1) is 0 Å². The van der Waals surface area contributed by atoms with E-state index in [0.29, 0.717) is 28.2 Å². The van der Waals surface area contributed by atoms with Crippen molar-refractivity contribution in [1.29, 1.82) is 0 Å². The first-order valence-electron chi connectivity index (χ1n) is 33.3. The van der Waals surface area contributed by atoms with Gasteiger partial charge in [-0.15, -0.1) is 0 Å². The maximum Gasteiger partial charge on any atom is 0.338 e. The van der Waals surface area contributed by atoms with Gasteiger partial charge in [-0.2, -0.15) is 0 Å². The van der Waals surface area contributed by atoms with Crippen LogP contribution in [-0.4, -0.2) is 143 Å². The van der Waals surface area contributed by atoms with E-state index in [9.17, 15) is 4.79 Å². The van der Waals surface area contributed by atoms with Gasteiger partial charge in [0.25, 0.3) is 8.45 Å². The fourth-order valence-electron chi connectivity index (χ4n) is 12.2. The molecule has 0 amide bonds. The van der Waals surface area contributed by atoms with Crippen LogP contribution in [0.4, 0.5) is 0 Å². The topological polar surface area (TPSA) is 258 Å². The third-order valence-electron chi connectivity index (χ3n) is 17.3. The normalized spacial score (nSPS) is 20.0. The smallest absolute Gasteiger partial charge is 0.338 e. The molecule has 2 aliphatic rings. The molecule has 2 aromatic heterocycles. The Balaban J connectivity index is 1.02. The van der Waals surface area contributed by atoms with E-state index < -0.39 is 124 Å². The molecule has 11 aromatic rings. The van der Waals surface area contributed by atoms with Crippen LogP contribution in [0.3, 0.4) is 0 Å². The zero-order chi connectivity index (χ0) is 72.5. The number of nitrogens with zero attached hydrogens (tertiary/aromatic N) is 4. The molecule has 10 atom stereocenters. The highest BCUT2D eigenvalue weighted by molar-refractivity contribution is 7.49. The summed E-state index contributed by atoms with van der Waals surface area (Å²) in [5.41, 5.74) is 0.380. The molecule has 2 saturated heterocycles. The summed E-state index contributed by atoms with van der Waals surface area (Å²) in [6, 6.07) is 71.4. The molecule has 0 N–H and O–H groups in total. The Labute approximate surface area is 604 Å². The van der Waals surface area contributed by atoms with Crippen molar-refractivity contribution in [2.45, 2.75) is 67.0 Å². The number of carbonyl (C=O) groups excluding carboxylic acids is 6. The Morgan fingerprint density at radius 2 is 0.695 bits per heavy atom. The fraction of sp³-hybridized carbons (Fsp3) is 0.185. The summed E-state index contributed by atoms with van der Waals surface area (Å²) in [5, 5.41) is 0. The highest BCUT2D eigenvalue weighted by Crippen LogP contribution is 2.47. The number of esters is 6. The minimum Gasteiger partial charge on any atom is -0.497 e. The van der Waals surface area contributed by atoms with Gasteiger partial charge in [0, 0.05) is 24.8 Å². The second kappa shape index (κ2) is 33.9. The lowest BCUT2D eigenvalue weighted by Gasteiger charge is -2.49. The third kappa shape index (κ3) is 16.8. The van der Waals surface area contributed by atoms with Gasteiger partial charge in [0.15, 0.2) is 36.8 Å². The van der Waals surface area contributed by atoms with Crippen LogP contribution >= 0.6 is 8.45 Å². The Bertz CT molecular complexity index is 4560. The molecule has 0 unspecified atom stereocenters. The van der Waals surface area contributed by atoms with Gasteiger partial charge >= 0.3 is 35.8 Å². The zero-order valence-electron chi connectivity index (χ0n) is 56.5. The predicted molar refractivity (Wildman–Crippen MR) is 379 cm³/mol. The molecule has 24 heteroatoms. The van der Waals surface area contributed by atoms with Crippen molar-refractivity contribution in [3.8, 4) is 11.5 Å².